The van der Waals surface area contributed by atoms with E-state index >= 15 is 0 Å². The van der Waals surface area contributed by atoms with Gasteiger partial charge in [-0.2, -0.15) is 0 Å². The lowest BCUT2D eigenvalue weighted by Gasteiger charge is -2.29. The molecule has 1 N–H and O–H groups in total. The first kappa shape index (κ1) is 10.9. The average molecular weight is 159 g/mol. The Hall–Kier alpha value is -0.0800. The van der Waals surface area contributed by atoms with Crippen molar-refractivity contribution in [3.8, 4) is 0 Å². The zero-order valence-electron chi connectivity index (χ0n) is 8.62. The molecule has 0 spiro atoms. The maximum absolute atomic E-state index is 5.62. The smallest absolute Gasteiger partial charge is 0.0649 e. The van der Waals surface area contributed by atoms with E-state index in [1.165, 1.54) is 0 Å². The highest BCUT2D eigenvalue weighted by molar-refractivity contribution is 4.76. The van der Waals surface area contributed by atoms with Crippen LogP contribution in [0.15, 0.2) is 0 Å². The predicted octanol–water partition coefficient (Wildman–Crippen LogP) is 1.80. The van der Waals surface area contributed by atoms with Gasteiger partial charge in [-0.05, 0) is 41.7 Å². The molecule has 0 saturated heterocycles. The van der Waals surface area contributed by atoms with Crippen LogP contribution in [0.2, 0.25) is 0 Å². The van der Waals surface area contributed by atoms with Crippen LogP contribution in [0.3, 0.4) is 0 Å². The Balaban J connectivity index is 3.70. The maximum atomic E-state index is 5.62. The van der Waals surface area contributed by atoms with Crippen LogP contribution in [0.1, 0.15) is 34.6 Å². The first-order valence-corrected chi connectivity index (χ1v) is 4.10. The van der Waals surface area contributed by atoms with E-state index in [9.17, 15) is 0 Å². The van der Waals surface area contributed by atoms with E-state index in [1.54, 1.807) is 0 Å². The van der Waals surface area contributed by atoms with Crippen LogP contribution in [0.4, 0.5) is 0 Å². The molecule has 68 valence electrons. The highest BCUT2D eigenvalue weighted by Gasteiger charge is 2.19. The monoisotopic (exact) mass is 159 g/mol. The van der Waals surface area contributed by atoms with E-state index in [0.29, 0.717) is 0 Å². The molecule has 0 aromatic rings. The number of nitrogens with one attached hydrogen (secondary N) is 1. The Morgan fingerprint density at radius 3 is 1.82 bits per heavy atom. The van der Waals surface area contributed by atoms with Crippen LogP contribution >= 0.6 is 0 Å². The normalized spacial score (nSPS) is 13.6. The van der Waals surface area contributed by atoms with E-state index in [0.717, 1.165) is 6.61 Å². The Morgan fingerprint density at radius 1 is 1.09 bits per heavy atom. The molecule has 0 unspecified atom stereocenters. The van der Waals surface area contributed by atoms with E-state index in [-0.39, 0.29) is 11.1 Å². The van der Waals surface area contributed by atoms with Gasteiger partial charge < -0.3 is 10.1 Å². The molecule has 0 saturated carbocycles. The molecule has 0 aromatic carbocycles. The largest absolute Gasteiger partial charge is 0.374 e. The van der Waals surface area contributed by atoms with Crippen molar-refractivity contribution >= 4 is 0 Å². The van der Waals surface area contributed by atoms with Crippen molar-refractivity contribution in [1.29, 1.82) is 0 Å². The third-order valence-electron chi connectivity index (χ3n) is 1.54. The van der Waals surface area contributed by atoms with Gasteiger partial charge in [0.1, 0.15) is 0 Å². The Labute approximate surface area is 70.3 Å². The number of ether oxygens (including phenoxy) is 1. The highest BCUT2D eigenvalue weighted by atomic mass is 16.5. The summed E-state index contributed by atoms with van der Waals surface area (Å²) in [6, 6.07) is 0. The molecular weight excluding hydrogens is 138 g/mol. The SMILES string of the molecule is CNC(C)(C)COC(C)(C)C. The third kappa shape index (κ3) is 6.32. The zero-order valence-corrected chi connectivity index (χ0v) is 8.62. The van der Waals surface area contributed by atoms with Crippen LogP contribution < -0.4 is 5.32 Å². The summed E-state index contributed by atoms with van der Waals surface area (Å²) in [6.45, 7) is 11.2. The van der Waals surface area contributed by atoms with Crippen molar-refractivity contribution in [3.63, 3.8) is 0 Å². The summed E-state index contributed by atoms with van der Waals surface area (Å²) in [6.07, 6.45) is 0. The molecule has 0 aromatic heterocycles. The molecule has 0 atom stereocenters. The summed E-state index contributed by atoms with van der Waals surface area (Å²) >= 11 is 0. The number of rotatable bonds is 3. The standard InChI is InChI=1S/C9H21NO/c1-8(2,3)11-7-9(4,5)10-6/h10H,7H2,1-6H3. The van der Waals surface area contributed by atoms with Gasteiger partial charge in [-0.25, -0.2) is 0 Å². The molecular formula is C9H21NO. The van der Waals surface area contributed by atoms with Crippen molar-refractivity contribution < 1.29 is 4.74 Å². The second kappa shape index (κ2) is 3.55. The summed E-state index contributed by atoms with van der Waals surface area (Å²) in [5.41, 5.74) is 0.0431. The second-order valence-corrected chi connectivity index (χ2v) is 4.53. The third-order valence-corrected chi connectivity index (χ3v) is 1.54. The fraction of sp³-hybridized carbons (Fsp3) is 1.00. The second-order valence-electron chi connectivity index (χ2n) is 4.53. The minimum atomic E-state index is -0.0336. The topological polar surface area (TPSA) is 21.3 Å². The maximum Gasteiger partial charge on any atom is 0.0649 e. The number of hydrogen-bond acceptors (Lipinski definition) is 2. The Morgan fingerprint density at radius 2 is 1.55 bits per heavy atom. The fourth-order valence-corrected chi connectivity index (χ4v) is 0.469. The molecule has 0 rings (SSSR count). The lowest BCUT2D eigenvalue weighted by atomic mass is 10.1. The minimum absolute atomic E-state index is 0.0336. The molecule has 0 aliphatic rings. The van der Waals surface area contributed by atoms with Crippen LogP contribution in [-0.4, -0.2) is 24.8 Å². The van der Waals surface area contributed by atoms with Crippen LogP contribution in [0, 0.1) is 0 Å². The van der Waals surface area contributed by atoms with Gasteiger partial charge in [0, 0.05) is 5.54 Å². The first-order chi connectivity index (χ1) is 4.77. The van der Waals surface area contributed by atoms with Crippen molar-refractivity contribution in [2.75, 3.05) is 13.7 Å². The van der Waals surface area contributed by atoms with Crippen LogP contribution in [0.25, 0.3) is 0 Å². The molecule has 0 aliphatic carbocycles. The van der Waals surface area contributed by atoms with E-state index in [2.05, 4.69) is 39.9 Å². The highest BCUT2D eigenvalue weighted by Crippen LogP contribution is 2.11. The van der Waals surface area contributed by atoms with Crippen molar-refractivity contribution in [1.82, 2.24) is 5.32 Å². The van der Waals surface area contributed by atoms with Crippen molar-refractivity contribution in [2.24, 2.45) is 0 Å². The summed E-state index contributed by atoms with van der Waals surface area (Å²) in [7, 11) is 1.95. The van der Waals surface area contributed by atoms with Gasteiger partial charge in [-0.15, -0.1) is 0 Å². The van der Waals surface area contributed by atoms with E-state index in [4.69, 9.17) is 4.74 Å². The van der Waals surface area contributed by atoms with E-state index < -0.39 is 0 Å². The quantitative estimate of drug-likeness (QED) is 0.678. The molecule has 2 heteroatoms. The van der Waals surface area contributed by atoms with Crippen LogP contribution in [-0.2, 0) is 4.74 Å². The number of hydrogen-bond donors (Lipinski definition) is 1. The van der Waals surface area contributed by atoms with Gasteiger partial charge in [-0.3, -0.25) is 0 Å². The van der Waals surface area contributed by atoms with Gasteiger partial charge in [-0.1, -0.05) is 0 Å². The molecule has 11 heavy (non-hydrogen) atoms. The summed E-state index contributed by atoms with van der Waals surface area (Å²) in [5, 5.41) is 3.19. The lowest BCUT2D eigenvalue weighted by molar-refractivity contribution is -0.0286. The predicted molar refractivity (Wildman–Crippen MR) is 48.8 cm³/mol. The molecule has 0 amide bonds. The van der Waals surface area contributed by atoms with Crippen molar-refractivity contribution in [2.45, 2.75) is 45.8 Å². The van der Waals surface area contributed by atoms with Gasteiger partial charge >= 0.3 is 0 Å². The van der Waals surface area contributed by atoms with Gasteiger partial charge in [0.05, 0.1) is 12.2 Å². The molecule has 0 bridgehead atoms. The van der Waals surface area contributed by atoms with Gasteiger partial charge in [0.15, 0.2) is 0 Å². The van der Waals surface area contributed by atoms with Crippen LogP contribution in [0.5, 0.6) is 0 Å². The molecule has 0 heterocycles. The summed E-state index contributed by atoms with van der Waals surface area (Å²) < 4.78 is 5.62. The Kier molecular flexibility index (Phi) is 3.52. The molecule has 0 radical (unpaired) electrons. The van der Waals surface area contributed by atoms with Gasteiger partial charge in [0.25, 0.3) is 0 Å². The minimum Gasteiger partial charge on any atom is -0.374 e. The van der Waals surface area contributed by atoms with Gasteiger partial charge in [0.2, 0.25) is 0 Å². The summed E-state index contributed by atoms with van der Waals surface area (Å²) in [4.78, 5) is 0. The molecule has 0 fully saturated rings. The summed E-state index contributed by atoms with van der Waals surface area (Å²) in [5.74, 6) is 0. The zero-order chi connectivity index (χ0) is 9.12. The fourth-order valence-electron chi connectivity index (χ4n) is 0.469. The van der Waals surface area contributed by atoms with E-state index in [1.807, 2.05) is 7.05 Å². The molecule has 0 aliphatic heterocycles. The molecule has 2 nitrogen and oxygen atoms in total. The lowest BCUT2D eigenvalue weighted by Crippen LogP contribution is -2.43. The van der Waals surface area contributed by atoms with Crippen molar-refractivity contribution in [3.05, 3.63) is 0 Å². The first-order valence-electron chi connectivity index (χ1n) is 4.10. The number of likely N-dealkylation sites (N-methyl/N-ethyl adjacent to an activating group) is 1. The Bertz CT molecular complexity index is 113. The average Bonchev–Trinajstić information content (AvgIpc) is 1.83.